The highest BCUT2D eigenvalue weighted by atomic mass is 32.2. The molecule has 0 unspecified atom stereocenters. The van der Waals surface area contributed by atoms with Crippen molar-refractivity contribution >= 4 is 43.5 Å². The van der Waals surface area contributed by atoms with Gasteiger partial charge in [0.05, 0.1) is 24.0 Å². The van der Waals surface area contributed by atoms with Gasteiger partial charge in [-0.05, 0) is 66.8 Å². The molecule has 0 radical (unpaired) electrons. The van der Waals surface area contributed by atoms with Crippen molar-refractivity contribution in [1.29, 1.82) is 0 Å². The van der Waals surface area contributed by atoms with E-state index in [9.17, 15) is 4.79 Å². The number of hydrogen-bond acceptors (Lipinski definition) is 6. The molecule has 0 spiro atoms. The van der Waals surface area contributed by atoms with Crippen molar-refractivity contribution in [1.82, 2.24) is 14.5 Å². The number of thiophene rings is 1. The number of thioether (sulfide) groups is 1. The maximum atomic E-state index is 13.9. The van der Waals surface area contributed by atoms with Crippen LogP contribution in [0.2, 0.25) is 0 Å². The molecule has 6 aromatic rings. The van der Waals surface area contributed by atoms with E-state index in [2.05, 4.69) is 18.2 Å². The molecule has 0 bridgehead atoms. The molecule has 0 amide bonds. The van der Waals surface area contributed by atoms with Crippen LogP contribution in [0.25, 0.3) is 48.5 Å². The third-order valence-corrected chi connectivity index (χ3v) is 8.08. The molecule has 0 saturated heterocycles. The minimum Gasteiger partial charge on any atom is -0.497 e. The third-order valence-electron chi connectivity index (χ3n) is 6.38. The first-order valence-electron chi connectivity index (χ1n) is 11.8. The van der Waals surface area contributed by atoms with E-state index in [1.807, 2.05) is 79.9 Å². The Morgan fingerprint density at radius 2 is 1.62 bits per heavy atom. The average Bonchev–Trinajstić information content (AvgIpc) is 3.32. The predicted molar refractivity (Wildman–Crippen MR) is 154 cm³/mol. The summed E-state index contributed by atoms with van der Waals surface area (Å²) in [6, 6.07) is 28.1. The molecule has 0 saturated carbocycles. The van der Waals surface area contributed by atoms with Crippen molar-refractivity contribution < 1.29 is 4.74 Å². The molecule has 7 heteroatoms. The second-order valence-corrected chi connectivity index (χ2v) is 10.5. The van der Waals surface area contributed by atoms with Crippen molar-refractivity contribution in [2.75, 3.05) is 13.4 Å². The largest absolute Gasteiger partial charge is 0.497 e. The molecular formula is C30H23N3O2S2. The van der Waals surface area contributed by atoms with Crippen molar-refractivity contribution in [2.45, 2.75) is 12.1 Å². The predicted octanol–water partition coefficient (Wildman–Crippen LogP) is 7.37. The summed E-state index contributed by atoms with van der Waals surface area (Å²) < 4.78 is 7.64. The van der Waals surface area contributed by atoms with Crippen LogP contribution in [0, 0.1) is 6.92 Å². The first-order chi connectivity index (χ1) is 18.1. The maximum Gasteiger partial charge on any atom is 0.276 e. The highest BCUT2D eigenvalue weighted by Crippen LogP contribution is 2.40. The van der Waals surface area contributed by atoms with Gasteiger partial charge in [-0.3, -0.25) is 9.36 Å². The lowest BCUT2D eigenvalue weighted by molar-refractivity contribution is 0.415. The van der Waals surface area contributed by atoms with Crippen LogP contribution in [0.1, 0.15) is 5.56 Å². The average molecular weight is 522 g/mol. The van der Waals surface area contributed by atoms with Gasteiger partial charge in [-0.1, -0.05) is 59.8 Å². The van der Waals surface area contributed by atoms with Crippen LogP contribution in [-0.2, 0) is 0 Å². The van der Waals surface area contributed by atoms with E-state index in [0.717, 1.165) is 49.6 Å². The first-order valence-corrected chi connectivity index (χ1v) is 13.8. The molecule has 37 heavy (non-hydrogen) atoms. The van der Waals surface area contributed by atoms with Crippen LogP contribution in [0.4, 0.5) is 0 Å². The quantitative estimate of drug-likeness (QED) is 0.175. The second kappa shape index (κ2) is 9.50. The van der Waals surface area contributed by atoms with Crippen LogP contribution in [0.15, 0.2) is 94.9 Å². The van der Waals surface area contributed by atoms with Gasteiger partial charge in [0.15, 0.2) is 5.16 Å². The van der Waals surface area contributed by atoms with Gasteiger partial charge in [-0.25, -0.2) is 9.97 Å². The van der Waals surface area contributed by atoms with E-state index in [1.54, 1.807) is 11.7 Å². The van der Waals surface area contributed by atoms with Gasteiger partial charge in [-0.15, -0.1) is 11.3 Å². The topological polar surface area (TPSA) is 57.0 Å². The molecule has 0 N–H and O–H groups in total. The molecule has 3 heterocycles. The van der Waals surface area contributed by atoms with Gasteiger partial charge in [0, 0.05) is 10.9 Å². The van der Waals surface area contributed by atoms with E-state index in [4.69, 9.17) is 14.7 Å². The minimum atomic E-state index is -0.0776. The number of methoxy groups -OCH3 is 1. The molecule has 0 aliphatic rings. The zero-order valence-corrected chi connectivity index (χ0v) is 22.2. The zero-order chi connectivity index (χ0) is 25.5. The molecule has 6 rings (SSSR count). The molecule has 5 nitrogen and oxygen atoms in total. The lowest BCUT2D eigenvalue weighted by Gasteiger charge is -2.12. The Balaban J connectivity index is 1.68. The van der Waals surface area contributed by atoms with Gasteiger partial charge in [0.25, 0.3) is 5.56 Å². The Labute approximate surface area is 222 Å². The molecule has 3 aromatic heterocycles. The number of aromatic nitrogens is 3. The fraction of sp³-hybridized carbons (Fsp3) is 0.100. The van der Waals surface area contributed by atoms with E-state index < -0.39 is 0 Å². The minimum absolute atomic E-state index is 0.0776. The fourth-order valence-corrected chi connectivity index (χ4v) is 6.10. The number of aryl methyl sites for hydroxylation is 1. The lowest BCUT2D eigenvalue weighted by atomic mass is 10.00. The molecule has 182 valence electrons. The molecule has 0 aliphatic carbocycles. The fourth-order valence-electron chi connectivity index (χ4n) is 4.48. The summed E-state index contributed by atoms with van der Waals surface area (Å²) in [6.07, 6.45) is 1.95. The van der Waals surface area contributed by atoms with Crippen LogP contribution < -0.4 is 10.3 Å². The van der Waals surface area contributed by atoms with E-state index >= 15 is 0 Å². The van der Waals surface area contributed by atoms with Crippen LogP contribution in [-0.4, -0.2) is 27.9 Å². The number of rotatable bonds is 5. The maximum absolute atomic E-state index is 13.9. The number of pyridine rings is 1. The number of benzene rings is 3. The van der Waals surface area contributed by atoms with Gasteiger partial charge in [0.1, 0.15) is 15.3 Å². The third kappa shape index (κ3) is 4.10. The van der Waals surface area contributed by atoms with E-state index in [-0.39, 0.29) is 5.56 Å². The summed E-state index contributed by atoms with van der Waals surface area (Å²) in [6.45, 7) is 2.03. The first kappa shape index (κ1) is 23.5. The molecule has 0 atom stereocenters. The Morgan fingerprint density at radius 1 is 0.892 bits per heavy atom. The van der Waals surface area contributed by atoms with Crippen molar-refractivity contribution in [3.05, 3.63) is 101 Å². The normalized spacial score (nSPS) is 11.3. The standard InChI is InChI=1S/C30H23N3O2S2/c1-18-9-13-21(14-10-18)33-29(34)27-26(32-30(33)36-3)25-23(19-7-5-4-6-8-19)17-24(31-28(25)37-27)20-11-15-22(35-2)16-12-20/h4-17H,1-3H3. The smallest absolute Gasteiger partial charge is 0.276 e. The monoisotopic (exact) mass is 521 g/mol. The second-order valence-electron chi connectivity index (χ2n) is 8.68. The SMILES string of the molecule is COc1ccc(-c2cc(-c3ccccc3)c3c(n2)sc2c(=O)n(-c4ccc(C)cc4)c(SC)nc23)cc1. The van der Waals surface area contributed by atoms with Crippen molar-refractivity contribution in [2.24, 2.45) is 0 Å². The Kier molecular flexibility index (Phi) is 6.02. The molecular weight excluding hydrogens is 498 g/mol. The lowest BCUT2D eigenvalue weighted by Crippen LogP contribution is -2.20. The van der Waals surface area contributed by atoms with Gasteiger partial charge >= 0.3 is 0 Å². The summed E-state index contributed by atoms with van der Waals surface area (Å²) in [5.74, 6) is 0.792. The summed E-state index contributed by atoms with van der Waals surface area (Å²) >= 11 is 2.87. The Hall–Kier alpha value is -3.94. The number of nitrogens with zero attached hydrogens (tertiary/aromatic N) is 3. The molecule has 0 aliphatic heterocycles. The van der Waals surface area contributed by atoms with Gasteiger partial charge < -0.3 is 4.74 Å². The highest BCUT2D eigenvalue weighted by molar-refractivity contribution is 7.98. The molecule has 3 aromatic carbocycles. The number of fused-ring (bicyclic) bond motifs is 3. The Bertz CT molecular complexity index is 1810. The molecule has 0 fully saturated rings. The van der Waals surface area contributed by atoms with Gasteiger partial charge in [-0.2, -0.15) is 0 Å². The Morgan fingerprint density at radius 3 is 2.30 bits per heavy atom. The summed E-state index contributed by atoms with van der Waals surface area (Å²) in [7, 11) is 1.66. The number of ether oxygens (including phenoxy) is 1. The van der Waals surface area contributed by atoms with Crippen LogP contribution in [0.5, 0.6) is 5.75 Å². The zero-order valence-electron chi connectivity index (χ0n) is 20.6. The number of hydrogen-bond donors (Lipinski definition) is 0. The summed E-state index contributed by atoms with van der Waals surface area (Å²) in [4.78, 5) is 24.8. The summed E-state index contributed by atoms with van der Waals surface area (Å²) in [5, 5.41) is 1.56. The van der Waals surface area contributed by atoms with Crippen molar-refractivity contribution in [3.8, 4) is 33.8 Å². The van der Waals surface area contributed by atoms with Crippen LogP contribution in [0.3, 0.4) is 0 Å². The highest BCUT2D eigenvalue weighted by Gasteiger charge is 2.21. The van der Waals surface area contributed by atoms with E-state index in [1.165, 1.54) is 23.1 Å². The van der Waals surface area contributed by atoms with Crippen LogP contribution >= 0.6 is 23.1 Å². The van der Waals surface area contributed by atoms with E-state index in [0.29, 0.717) is 15.4 Å². The van der Waals surface area contributed by atoms with Crippen molar-refractivity contribution in [3.63, 3.8) is 0 Å². The van der Waals surface area contributed by atoms with Gasteiger partial charge in [0.2, 0.25) is 0 Å². The summed E-state index contributed by atoms with van der Waals surface area (Å²) in [5.41, 5.74) is 6.45.